The second-order valence-corrected chi connectivity index (χ2v) is 3.87. The van der Waals surface area contributed by atoms with Gasteiger partial charge in [-0.15, -0.1) is 0 Å². The molecule has 1 aromatic carbocycles. The average molecular weight is 276 g/mol. The molecular formula is C14H13FN2O3. The van der Waals surface area contributed by atoms with Gasteiger partial charge in [-0.2, -0.15) is 4.39 Å². The lowest BCUT2D eigenvalue weighted by molar-refractivity contribution is 0.102. The molecule has 0 fully saturated rings. The molecule has 1 aromatic heterocycles. The summed E-state index contributed by atoms with van der Waals surface area (Å²) >= 11 is 0. The molecule has 0 aliphatic rings. The van der Waals surface area contributed by atoms with E-state index in [4.69, 9.17) is 9.47 Å². The number of amides is 1. The van der Waals surface area contributed by atoms with Crippen molar-refractivity contribution in [3.8, 4) is 11.5 Å². The lowest BCUT2D eigenvalue weighted by Crippen LogP contribution is -2.14. The molecule has 104 valence electrons. The smallest absolute Gasteiger partial charge is 0.260 e. The molecule has 0 unspecified atom stereocenters. The van der Waals surface area contributed by atoms with Gasteiger partial charge < -0.3 is 14.8 Å². The highest BCUT2D eigenvalue weighted by atomic mass is 19.1. The highest BCUT2D eigenvalue weighted by Gasteiger charge is 2.13. The predicted molar refractivity (Wildman–Crippen MR) is 71.7 cm³/mol. The van der Waals surface area contributed by atoms with Gasteiger partial charge in [-0.05, 0) is 24.3 Å². The Labute approximate surface area is 115 Å². The Balaban J connectivity index is 2.22. The first-order valence-corrected chi connectivity index (χ1v) is 5.79. The van der Waals surface area contributed by atoms with Crippen molar-refractivity contribution in [3.05, 3.63) is 48.0 Å². The molecule has 1 heterocycles. The quantitative estimate of drug-likeness (QED) is 0.871. The Hall–Kier alpha value is -2.63. The second-order valence-electron chi connectivity index (χ2n) is 3.87. The average Bonchev–Trinajstić information content (AvgIpc) is 2.47. The Morgan fingerprint density at radius 2 is 1.95 bits per heavy atom. The number of methoxy groups -OCH3 is 2. The van der Waals surface area contributed by atoms with E-state index >= 15 is 0 Å². The Morgan fingerprint density at radius 1 is 1.20 bits per heavy atom. The van der Waals surface area contributed by atoms with E-state index in [0.717, 1.165) is 0 Å². The summed E-state index contributed by atoms with van der Waals surface area (Å²) in [6.45, 7) is 0. The number of hydrogen-bond acceptors (Lipinski definition) is 4. The fourth-order valence-electron chi connectivity index (χ4n) is 1.67. The van der Waals surface area contributed by atoms with E-state index in [1.807, 2.05) is 0 Å². The monoisotopic (exact) mass is 276 g/mol. The van der Waals surface area contributed by atoms with Crippen molar-refractivity contribution < 1.29 is 18.7 Å². The molecule has 0 aliphatic carbocycles. The topological polar surface area (TPSA) is 60.5 Å². The summed E-state index contributed by atoms with van der Waals surface area (Å²) in [5, 5.41) is 2.57. The number of hydrogen-bond donors (Lipinski definition) is 1. The Morgan fingerprint density at radius 3 is 2.60 bits per heavy atom. The number of halogens is 1. The van der Waals surface area contributed by atoms with Crippen LogP contribution < -0.4 is 14.8 Å². The maximum absolute atomic E-state index is 13.4. The van der Waals surface area contributed by atoms with E-state index in [9.17, 15) is 9.18 Å². The van der Waals surface area contributed by atoms with Crippen LogP contribution in [0.3, 0.4) is 0 Å². The van der Waals surface area contributed by atoms with E-state index < -0.39 is 11.9 Å². The molecule has 0 saturated heterocycles. The van der Waals surface area contributed by atoms with Gasteiger partial charge in [0, 0.05) is 18.0 Å². The van der Waals surface area contributed by atoms with Gasteiger partial charge in [0.05, 0.1) is 19.8 Å². The van der Waals surface area contributed by atoms with Crippen molar-refractivity contribution >= 4 is 11.6 Å². The molecule has 20 heavy (non-hydrogen) atoms. The minimum absolute atomic E-state index is 0.123. The molecule has 0 radical (unpaired) electrons. The molecule has 1 amide bonds. The number of aromatic nitrogens is 1. The van der Waals surface area contributed by atoms with Gasteiger partial charge in [0.2, 0.25) is 5.95 Å². The van der Waals surface area contributed by atoms with Crippen LogP contribution in [0, 0.1) is 5.95 Å². The van der Waals surface area contributed by atoms with Gasteiger partial charge in [0.1, 0.15) is 0 Å². The molecule has 0 saturated carbocycles. The van der Waals surface area contributed by atoms with Crippen molar-refractivity contribution in [2.24, 2.45) is 0 Å². The zero-order chi connectivity index (χ0) is 14.5. The molecule has 1 N–H and O–H groups in total. The number of carbonyl (C=O) groups excluding carboxylic acids is 1. The summed E-state index contributed by atoms with van der Waals surface area (Å²) in [7, 11) is 3.01. The zero-order valence-electron chi connectivity index (χ0n) is 11.0. The first-order valence-electron chi connectivity index (χ1n) is 5.79. The lowest BCUT2D eigenvalue weighted by atomic mass is 10.2. The molecule has 0 aliphatic heterocycles. The second kappa shape index (κ2) is 6.01. The summed E-state index contributed by atoms with van der Waals surface area (Å²) in [4.78, 5) is 15.4. The minimum Gasteiger partial charge on any atom is -0.493 e. The van der Waals surface area contributed by atoms with E-state index in [1.165, 1.54) is 32.5 Å². The molecule has 0 bridgehead atoms. The SMILES string of the molecule is COc1ccc(NC(=O)c2cccnc2F)cc1OC. The summed E-state index contributed by atoms with van der Waals surface area (Å²) in [5.74, 6) is -0.386. The summed E-state index contributed by atoms with van der Waals surface area (Å²) in [5.41, 5.74) is 0.346. The molecule has 2 aromatic rings. The van der Waals surface area contributed by atoms with Gasteiger partial charge in [-0.1, -0.05) is 0 Å². The zero-order valence-corrected chi connectivity index (χ0v) is 11.0. The lowest BCUT2D eigenvalue weighted by Gasteiger charge is -2.10. The number of pyridine rings is 1. The number of nitrogens with zero attached hydrogens (tertiary/aromatic N) is 1. The van der Waals surface area contributed by atoms with Gasteiger partial charge in [0.15, 0.2) is 11.5 Å². The van der Waals surface area contributed by atoms with Gasteiger partial charge >= 0.3 is 0 Å². The molecular weight excluding hydrogens is 263 g/mol. The number of rotatable bonds is 4. The maximum Gasteiger partial charge on any atom is 0.260 e. The fourth-order valence-corrected chi connectivity index (χ4v) is 1.67. The summed E-state index contributed by atoms with van der Waals surface area (Å²) < 4.78 is 23.6. The maximum atomic E-state index is 13.4. The molecule has 6 heteroatoms. The van der Waals surface area contributed by atoms with Gasteiger partial charge in [0.25, 0.3) is 5.91 Å². The van der Waals surface area contributed by atoms with Crippen LogP contribution >= 0.6 is 0 Å². The highest BCUT2D eigenvalue weighted by Crippen LogP contribution is 2.29. The van der Waals surface area contributed by atoms with Crippen LogP contribution in [0.25, 0.3) is 0 Å². The van der Waals surface area contributed by atoms with Gasteiger partial charge in [-0.3, -0.25) is 4.79 Å². The largest absolute Gasteiger partial charge is 0.493 e. The third-order valence-electron chi connectivity index (χ3n) is 2.65. The van der Waals surface area contributed by atoms with Crippen LogP contribution in [-0.2, 0) is 0 Å². The number of anilines is 1. The number of ether oxygens (including phenoxy) is 2. The fraction of sp³-hybridized carbons (Fsp3) is 0.143. The summed E-state index contributed by atoms with van der Waals surface area (Å²) in [6.07, 6.45) is 1.28. The van der Waals surface area contributed by atoms with Crippen molar-refractivity contribution in [2.75, 3.05) is 19.5 Å². The minimum atomic E-state index is -0.814. The van der Waals surface area contributed by atoms with Crippen LogP contribution in [0.15, 0.2) is 36.5 Å². The van der Waals surface area contributed by atoms with E-state index in [1.54, 1.807) is 18.2 Å². The Kier molecular flexibility index (Phi) is 4.14. The Bertz CT molecular complexity index is 632. The van der Waals surface area contributed by atoms with Crippen LogP contribution in [-0.4, -0.2) is 25.1 Å². The number of nitrogens with one attached hydrogen (secondary N) is 1. The normalized spacial score (nSPS) is 9.95. The van der Waals surface area contributed by atoms with E-state index in [2.05, 4.69) is 10.3 Å². The predicted octanol–water partition coefficient (Wildman–Crippen LogP) is 2.49. The number of benzene rings is 1. The standard InChI is InChI=1S/C14H13FN2O3/c1-19-11-6-5-9(8-12(11)20-2)17-14(18)10-4-3-7-16-13(10)15/h3-8H,1-2H3,(H,17,18). The molecule has 0 spiro atoms. The van der Waals surface area contributed by atoms with Crippen molar-refractivity contribution in [1.82, 2.24) is 4.98 Å². The number of carbonyl (C=O) groups is 1. The first kappa shape index (κ1) is 13.8. The van der Waals surface area contributed by atoms with E-state index in [-0.39, 0.29) is 5.56 Å². The van der Waals surface area contributed by atoms with Crippen LogP contribution in [0.2, 0.25) is 0 Å². The van der Waals surface area contributed by atoms with Crippen molar-refractivity contribution in [2.45, 2.75) is 0 Å². The van der Waals surface area contributed by atoms with Crippen LogP contribution in [0.4, 0.5) is 10.1 Å². The van der Waals surface area contributed by atoms with Gasteiger partial charge in [-0.25, -0.2) is 4.98 Å². The molecule has 2 rings (SSSR count). The van der Waals surface area contributed by atoms with E-state index in [0.29, 0.717) is 17.2 Å². The van der Waals surface area contributed by atoms with Crippen molar-refractivity contribution in [3.63, 3.8) is 0 Å². The first-order chi connectivity index (χ1) is 9.65. The van der Waals surface area contributed by atoms with Crippen LogP contribution in [0.5, 0.6) is 11.5 Å². The molecule has 5 nitrogen and oxygen atoms in total. The van der Waals surface area contributed by atoms with Crippen molar-refractivity contribution in [1.29, 1.82) is 0 Å². The highest BCUT2D eigenvalue weighted by molar-refractivity contribution is 6.04. The summed E-state index contributed by atoms with van der Waals surface area (Å²) in [6, 6.07) is 7.72. The third kappa shape index (κ3) is 2.85. The third-order valence-corrected chi connectivity index (χ3v) is 2.65. The van der Waals surface area contributed by atoms with Crippen LogP contribution in [0.1, 0.15) is 10.4 Å². The molecule has 0 atom stereocenters.